The Morgan fingerprint density at radius 2 is 1.96 bits per heavy atom. The molecular weight excluding hydrogens is 366 g/mol. The molecule has 1 aliphatic carbocycles. The minimum absolute atomic E-state index is 0.0709. The van der Waals surface area contributed by atoms with Crippen LogP contribution in [0.4, 0.5) is 8.78 Å². The highest BCUT2D eigenvalue weighted by Crippen LogP contribution is 2.45. The van der Waals surface area contributed by atoms with Crippen LogP contribution in [0.25, 0.3) is 11.3 Å². The Kier molecular flexibility index (Phi) is 4.81. The van der Waals surface area contributed by atoms with Crippen LogP contribution >= 0.6 is 0 Å². The number of amides is 1. The molecule has 5 nitrogen and oxygen atoms in total. The Hall–Kier alpha value is -3.22. The van der Waals surface area contributed by atoms with Gasteiger partial charge in [0.1, 0.15) is 11.4 Å². The number of benzene rings is 2. The standard InChI is InChI=1S/C21H18F2N2O3/c1-12-6-8-13(9-7-12)16-11-19(28-25-16)20(26)24-17-10-15(17)14-4-2-3-5-18(14)27-21(22)23/h2-9,11,15,17,21H,10H2,1H3,(H,24,26). The van der Waals surface area contributed by atoms with E-state index in [1.54, 1.807) is 24.3 Å². The molecule has 1 saturated carbocycles. The van der Waals surface area contributed by atoms with Crippen LogP contribution in [0.2, 0.25) is 0 Å². The number of aryl methyl sites for hydroxylation is 1. The Morgan fingerprint density at radius 3 is 2.71 bits per heavy atom. The van der Waals surface area contributed by atoms with Gasteiger partial charge in [0.05, 0.1) is 0 Å². The fourth-order valence-electron chi connectivity index (χ4n) is 3.17. The van der Waals surface area contributed by atoms with Crippen molar-refractivity contribution in [1.29, 1.82) is 0 Å². The minimum Gasteiger partial charge on any atom is -0.435 e. The Balaban J connectivity index is 1.42. The predicted molar refractivity (Wildman–Crippen MR) is 98.4 cm³/mol. The number of halogens is 2. The zero-order chi connectivity index (χ0) is 19.7. The van der Waals surface area contributed by atoms with Crippen LogP contribution in [0.15, 0.2) is 59.1 Å². The van der Waals surface area contributed by atoms with E-state index in [1.807, 2.05) is 31.2 Å². The topological polar surface area (TPSA) is 64.4 Å². The van der Waals surface area contributed by atoms with Gasteiger partial charge in [-0.15, -0.1) is 0 Å². The first-order chi connectivity index (χ1) is 13.5. The van der Waals surface area contributed by atoms with E-state index in [4.69, 9.17) is 4.52 Å². The third kappa shape index (κ3) is 3.88. The normalized spacial score (nSPS) is 18.1. The van der Waals surface area contributed by atoms with Crippen LogP contribution in [-0.2, 0) is 0 Å². The summed E-state index contributed by atoms with van der Waals surface area (Å²) in [6.45, 7) is -0.899. The number of alkyl halides is 2. The molecule has 0 radical (unpaired) electrons. The number of rotatable bonds is 6. The number of hydrogen-bond acceptors (Lipinski definition) is 4. The molecule has 0 saturated heterocycles. The first-order valence-electron chi connectivity index (χ1n) is 8.89. The van der Waals surface area contributed by atoms with Gasteiger partial charge in [0.25, 0.3) is 5.91 Å². The number of ether oxygens (including phenoxy) is 1. The van der Waals surface area contributed by atoms with Gasteiger partial charge in [-0.3, -0.25) is 4.79 Å². The molecule has 1 amide bonds. The quantitative estimate of drug-likeness (QED) is 0.678. The van der Waals surface area contributed by atoms with Gasteiger partial charge in [-0.1, -0.05) is 53.2 Å². The van der Waals surface area contributed by atoms with E-state index in [0.717, 1.165) is 11.1 Å². The van der Waals surface area contributed by atoms with Crippen molar-refractivity contribution in [2.24, 2.45) is 0 Å². The van der Waals surface area contributed by atoms with Crippen LogP contribution in [0, 0.1) is 6.92 Å². The van der Waals surface area contributed by atoms with E-state index in [1.165, 1.54) is 6.07 Å². The summed E-state index contributed by atoms with van der Waals surface area (Å²) in [4.78, 5) is 12.4. The summed E-state index contributed by atoms with van der Waals surface area (Å²) in [7, 11) is 0. The molecule has 1 aliphatic rings. The van der Waals surface area contributed by atoms with E-state index >= 15 is 0 Å². The van der Waals surface area contributed by atoms with Gasteiger partial charge in [-0.25, -0.2) is 0 Å². The van der Waals surface area contributed by atoms with Crippen LogP contribution in [0.1, 0.15) is 34.0 Å². The Labute approximate surface area is 160 Å². The van der Waals surface area contributed by atoms with E-state index in [0.29, 0.717) is 17.7 Å². The first-order valence-corrected chi connectivity index (χ1v) is 8.89. The van der Waals surface area contributed by atoms with Crippen LogP contribution in [0.3, 0.4) is 0 Å². The molecule has 2 atom stereocenters. The summed E-state index contributed by atoms with van der Waals surface area (Å²) in [5, 5.41) is 6.81. The van der Waals surface area contributed by atoms with Gasteiger partial charge in [0, 0.05) is 23.6 Å². The molecule has 1 aromatic heterocycles. The average Bonchev–Trinajstić information content (AvgIpc) is 3.24. The fourth-order valence-corrected chi connectivity index (χ4v) is 3.17. The summed E-state index contributed by atoms with van der Waals surface area (Å²) in [6, 6.07) is 15.8. The second kappa shape index (κ2) is 7.42. The smallest absolute Gasteiger partial charge is 0.387 e. The highest BCUT2D eigenvalue weighted by molar-refractivity contribution is 5.93. The van der Waals surface area contributed by atoms with Gasteiger partial charge in [0.15, 0.2) is 0 Å². The molecule has 144 valence electrons. The zero-order valence-electron chi connectivity index (χ0n) is 15.1. The maximum absolute atomic E-state index is 12.6. The zero-order valence-corrected chi connectivity index (χ0v) is 15.1. The number of hydrogen-bond donors (Lipinski definition) is 1. The maximum atomic E-state index is 12.6. The fraction of sp³-hybridized carbons (Fsp3) is 0.238. The molecule has 3 aromatic rings. The summed E-state index contributed by atoms with van der Waals surface area (Å²) in [5.74, 6) is -0.206. The number of para-hydroxylation sites is 1. The van der Waals surface area contributed by atoms with E-state index < -0.39 is 6.61 Å². The van der Waals surface area contributed by atoms with Gasteiger partial charge in [-0.2, -0.15) is 8.78 Å². The molecule has 28 heavy (non-hydrogen) atoms. The Morgan fingerprint density at radius 1 is 1.21 bits per heavy atom. The highest BCUT2D eigenvalue weighted by atomic mass is 19.3. The summed E-state index contributed by atoms with van der Waals surface area (Å²) < 4.78 is 34.9. The molecule has 1 fully saturated rings. The Bertz CT molecular complexity index is 985. The van der Waals surface area contributed by atoms with Crippen LogP contribution in [-0.4, -0.2) is 23.7 Å². The van der Waals surface area contributed by atoms with Gasteiger partial charge < -0.3 is 14.6 Å². The lowest BCUT2D eigenvalue weighted by molar-refractivity contribution is -0.0504. The lowest BCUT2D eigenvalue weighted by Gasteiger charge is -2.10. The molecular formula is C21H18F2N2O3. The van der Waals surface area contributed by atoms with Crippen molar-refractivity contribution in [3.8, 4) is 17.0 Å². The average molecular weight is 384 g/mol. The lowest BCUT2D eigenvalue weighted by atomic mass is 10.1. The minimum atomic E-state index is -2.89. The molecule has 1 heterocycles. The molecule has 0 bridgehead atoms. The summed E-state index contributed by atoms with van der Waals surface area (Å²) in [5.41, 5.74) is 3.22. The monoisotopic (exact) mass is 384 g/mol. The molecule has 2 aromatic carbocycles. The SMILES string of the molecule is Cc1ccc(-c2cc(C(=O)NC3CC3c3ccccc3OC(F)F)on2)cc1. The number of carbonyl (C=O) groups is 1. The maximum Gasteiger partial charge on any atom is 0.387 e. The largest absolute Gasteiger partial charge is 0.435 e. The van der Waals surface area contributed by atoms with Crippen molar-refractivity contribution in [2.45, 2.75) is 31.9 Å². The molecule has 2 unspecified atom stereocenters. The van der Waals surface area contributed by atoms with E-state index in [9.17, 15) is 13.6 Å². The second-order valence-electron chi connectivity index (χ2n) is 6.78. The number of aromatic nitrogens is 1. The van der Waals surface area contributed by atoms with E-state index in [2.05, 4.69) is 15.2 Å². The van der Waals surface area contributed by atoms with Crippen LogP contribution in [0.5, 0.6) is 5.75 Å². The van der Waals surface area contributed by atoms with Gasteiger partial charge in [-0.05, 0) is 25.0 Å². The van der Waals surface area contributed by atoms with Crippen molar-refractivity contribution in [1.82, 2.24) is 10.5 Å². The summed E-state index contributed by atoms with van der Waals surface area (Å²) in [6.07, 6.45) is 0.647. The predicted octanol–water partition coefficient (Wildman–Crippen LogP) is 4.54. The highest BCUT2D eigenvalue weighted by Gasteiger charge is 2.42. The molecule has 4 rings (SSSR count). The van der Waals surface area contributed by atoms with Crippen molar-refractivity contribution in [3.63, 3.8) is 0 Å². The summed E-state index contributed by atoms with van der Waals surface area (Å²) >= 11 is 0. The van der Waals surface area contributed by atoms with Gasteiger partial charge in [0.2, 0.25) is 5.76 Å². The first kappa shape index (κ1) is 18.2. The molecule has 1 N–H and O–H groups in total. The molecule has 7 heteroatoms. The number of nitrogens with zero attached hydrogens (tertiary/aromatic N) is 1. The number of carbonyl (C=O) groups excluding carboxylic acids is 1. The molecule has 0 spiro atoms. The van der Waals surface area contributed by atoms with Crippen molar-refractivity contribution in [2.75, 3.05) is 0 Å². The number of nitrogens with one attached hydrogen (secondary N) is 1. The third-order valence-electron chi connectivity index (χ3n) is 4.72. The second-order valence-corrected chi connectivity index (χ2v) is 6.78. The lowest BCUT2D eigenvalue weighted by Crippen LogP contribution is -2.26. The van der Waals surface area contributed by atoms with Gasteiger partial charge >= 0.3 is 6.61 Å². The van der Waals surface area contributed by atoms with Crippen molar-refractivity contribution in [3.05, 3.63) is 71.5 Å². The van der Waals surface area contributed by atoms with E-state index in [-0.39, 0.29) is 29.4 Å². The van der Waals surface area contributed by atoms with Crippen molar-refractivity contribution >= 4 is 5.91 Å². The van der Waals surface area contributed by atoms with Crippen molar-refractivity contribution < 1.29 is 22.8 Å². The molecule has 0 aliphatic heterocycles. The van der Waals surface area contributed by atoms with Crippen LogP contribution < -0.4 is 10.1 Å². The third-order valence-corrected chi connectivity index (χ3v) is 4.72.